The van der Waals surface area contributed by atoms with E-state index in [0.717, 1.165) is 38.9 Å². The van der Waals surface area contributed by atoms with Crippen LogP contribution in [0.5, 0.6) is 5.75 Å². The van der Waals surface area contributed by atoms with E-state index >= 15 is 0 Å². The van der Waals surface area contributed by atoms with Crippen LogP contribution in [0.2, 0.25) is 5.15 Å². The predicted molar refractivity (Wildman–Crippen MR) is 128 cm³/mol. The number of hydrogen-bond donors (Lipinski definition) is 0. The molecule has 1 saturated carbocycles. The normalized spacial score (nSPS) is 17.7. The molecule has 2 aliphatic rings. The Bertz CT molecular complexity index is 1510. The van der Waals surface area contributed by atoms with E-state index in [1.807, 2.05) is 0 Å². The van der Waals surface area contributed by atoms with Crippen LogP contribution < -0.4 is 10.3 Å². The molecule has 7 nitrogen and oxygen atoms in total. The van der Waals surface area contributed by atoms with Crippen LogP contribution in [-0.2, 0) is 6.42 Å². The number of alkyl halides is 2. The van der Waals surface area contributed by atoms with Crippen molar-refractivity contribution in [2.75, 3.05) is 19.6 Å². The van der Waals surface area contributed by atoms with Gasteiger partial charge in [0.15, 0.2) is 5.65 Å². The Hall–Kier alpha value is -3.11. The van der Waals surface area contributed by atoms with Crippen LogP contribution in [0.4, 0.5) is 13.2 Å². The molecule has 0 amide bonds. The van der Waals surface area contributed by atoms with Gasteiger partial charge in [-0.05, 0) is 62.1 Å². The van der Waals surface area contributed by atoms with Crippen molar-refractivity contribution in [2.24, 2.45) is 5.41 Å². The molecule has 1 aliphatic carbocycles. The number of nitrogens with zero attached hydrogens (tertiary/aromatic N) is 5. The number of rotatable bonds is 7. The van der Waals surface area contributed by atoms with Crippen molar-refractivity contribution in [2.45, 2.75) is 38.3 Å². The minimum absolute atomic E-state index is 0.00182. The first kappa shape index (κ1) is 23.3. The highest BCUT2D eigenvalue weighted by Crippen LogP contribution is 2.50. The summed E-state index contributed by atoms with van der Waals surface area (Å²) in [6.07, 6.45) is 6.16. The summed E-state index contributed by atoms with van der Waals surface area (Å²) in [5.41, 5.74) is 0.682. The van der Waals surface area contributed by atoms with E-state index in [1.54, 1.807) is 22.6 Å². The zero-order valence-corrected chi connectivity index (χ0v) is 20.0. The van der Waals surface area contributed by atoms with E-state index < -0.39 is 12.1 Å². The summed E-state index contributed by atoms with van der Waals surface area (Å²) in [5.74, 6) is 0.236. The van der Waals surface area contributed by atoms with Gasteiger partial charge >= 0.3 is 6.55 Å². The number of fused-ring (bicyclic) bond motifs is 2. The second kappa shape index (κ2) is 8.77. The van der Waals surface area contributed by atoms with Gasteiger partial charge in [-0.25, -0.2) is 8.96 Å². The zero-order valence-electron chi connectivity index (χ0n) is 19.2. The number of aromatic nitrogens is 4. The van der Waals surface area contributed by atoms with Crippen molar-refractivity contribution in [3.63, 3.8) is 0 Å². The molecule has 0 radical (unpaired) electrons. The van der Waals surface area contributed by atoms with Crippen molar-refractivity contribution in [3.05, 3.63) is 69.7 Å². The van der Waals surface area contributed by atoms with Gasteiger partial charge in [0.1, 0.15) is 23.0 Å². The van der Waals surface area contributed by atoms with Crippen molar-refractivity contribution in [1.82, 2.24) is 24.1 Å². The zero-order chi connectivity index (χ0) is 25.0. The highest BCUT2D eigenvalue weighted by atomic mass is 35.5. The number of benzene rings is 1. The lowest BCUT2D eigenvalue weighted by Crippen LogP contribution is -2.64. The summed E-state index contributed by atoms with van der Waals surface area (Å²) in [5, 5.41) is 8.04. The molecule has 2 fully saturated rings. The van der Waals surface area contributed by atoms with E-state index in [1.165, 1.54) is 24.7 Å². The molecule has 6 rings (SSSR count). The summed E-state index contributed by atoms with van der Waals surface area (Å²) >= 11 is 5.96. The smallest absolute Gasteiger partial charge is 0.322 e. The van der Waals surface area contributed by atoms with E-state index in [9.17, 15) is 18.0 Å². The lowest BCUT2D eigenvalue weighted by molar-refractivity contribution is -0.118. The van der Waals surface area contributed by atoms with E-state index in [-0.39, 0.29) is 32.4 Å². The number of pyridine rings is 2. The van der Waals surface area contributed by atoms with Crippen molar-refractivity contribution in [3.8, 4) is 5.75 Å². The van der Waals surface area contributed by atoms with Crippen LogP contribution in [0.3, 0.4) is 0 Å². The number of halogens is 4. The minimum atomic E-state index is -3.01. The topological polar surface area (TPSA) is 64.7 Å². The van der Waals surface area contributed by atoms with Gasteiger partial charge in [0.2, 0.25) is 0 Å². The van der Waals surface area contributed by atoms with Crippen molar-refractivity contribution in [1.29, 1.82) is 0 Å². The standard InChI is InChI=1S/C25H23ClF3N5O2/c26-21-8-18-17(23(35)34(21)24(28)29)4-1-5-20(18)36-16-9-25(10-16)12-32(13-25)6-2-3-15-7-22-31-30-14-33(22)11-19(15)27/h1,4-5,7-8,11,14,16,24H,2-3,6,9-10,12-13H2. The molecular weight excluding hydrogens is 495 g/mol. The third-order valence-corrected chi connectivity index (χ3v) is 7.61. The largest absolute Gasteiger partial charge is 0.490 e. The summed E-state index contributed by atoms with van der Waals surface area (Å²) < 4.78 is 48.7. The molecule has 0 atom stereocenters. The highest BCUT2D eigenvalue weighted by molar-refractivity contribution is 6.30. The molecule has 11 heteroatoms. The molecule has 1 spiro atoms. The Morgan fingerprint density at radius 3 is 2.78 bits per heavy atom. The molecule has 36 heavy (non-hydrogen) atoms. The fourth-order valence-corrected chi connectivity index (χ4v) is 5.90. The third kappa shape index (κ3) is 4.02. The summed E-state index contributed by atoms with van der Waals surface area (Å²) in [6.45, 7) is -0.176. The molecule has 3 aromatic heterocycles. The molecule has 188 valence electrons. The van der Waals surface area contributed by atoms with Crippen LogP contribution in [-0.4, -0.2) is 49.8 Å². The minimum Gasteiger partial charge on any atom is -0.490 e. The number of ether oxygens (including phenoxy) is 1. The summed E-state index contributed by atoms with van der Waals surface area (Å²) in [4.78, 5) is 14.8. The van der Waals surface area contributed by atoms with Gasteiger partial charge in [-0.1, -0.05) is 17.7 Å². The van der Waals surface area contributed by atoms with E-state index in [4.69, 9.17) is 16.3 Å². The van der Waals surface area contributed by atoms with Gasteiger partial charge in [0, 0.05) is 30.1 Å². The Kier molecular flexibility index (Phi) is 5.68. The van der Waals surface area contributed by atoms with Crippen LogP contribution in [0, 0.1) is 11.2 Å². The molecule has 0 bridgehead atoms. The molecule has 0 N–H and O–H groups in total. The van der Waals surface area contributed by atoms with Crippen LogP contribution >= 0.6 is 11.6 Å². The number of hydrogen-bond acceptors (Lipinski definition) is 5. The highest BCUT2D eigenvalue weighted by Gasteiger charge is 2.53. The Morgan fingerprint density at radius 1 is 1.19 bits per heavy atom. The average Bonchev–Trinajstić information content (AvgIpc) is 3.23. The maximum atomic E-state index is 14.3. The summed E-state index contributed by atoms with van der Waals surface area (Å²) in [7, 11) is 0. The van der Waals surface area contributed by atoms with Gasteiger partial charge in [0.25, 0.3) is 5.56 Å². The molecule has 1 aliphatic heterocycles. The summed E-state index contributed by atoms with van der Waals surface area (Å²) in [6, 6.07) is 7.98. The number of aryl methyl sites for hydroxylation is 1. The molecule has 0 unspecified atom stereocenters. The second-order valence-corrected chi connectivity index (χ2v) is 10.2. The second-order valence-electron chi connectivity index (χ2n) is 9.84. The molecule has 4 aromatic rings. The van der Waals surface area contributed by atoms with E-state index in [2.05, 4.69) is 15.1 Å². The first-order chi connectivity index (χ1) is 17.3. The monoisotopic (exact) mass is 517 g/mol. The fraction of sp³-hybridized carbons (Fsp3) is 0.400. The van der Waals surface area contributed by atoms with Gasteiger partial charge in [-0.2, -0.15) is 8.78 Å². The quantitative estimate of drug-likeness (QED) is 0.332. The average molecular weight is 518 g/mol. The SMILES string of the molecule is O=c1c2cccc(OC3CC4(C3)CN(CCCc3cc5nncn5cc3F)C4)c2cc(Cl)n1C(F)F. The molecule has 1 saturated heterocycles. The molecule has 1 aromatic carbocycles. The molecule has 4 heterocycles. The third-order valence-electron chi connectivity index (χ3n) is 7.32. The van der Waals surface area contributed by atoms with Gasteiger partial charge in [-0.15, -0.1) is 10.2 Å². The lowest BCUT2D eigenvalue weighted by Gasteiger charge is -2.58. The van der Waals surface area contributed by atoms with Gasteiger partial charge in [0.05, 0.1) is 11.5 Å². The van der Waals surface area contributed by atoms with Crippen LogP contribution in [0.1, 0.15) is 31.4 Å². The van der Waals surface area contributed by atoms with Crippen LogP contribution in [0.15, 0.2) is 47.7 Å². The van der Waals surface area contributed by atoms with Crippen molar-refractivity contribution < 1.29 is 17.9 Å². The Morgan fingerprint density at radius 2 is 2.00 bits per heavy atom. The maximum Gasteiger partial charge on any atom is 0.322 e. The maximum absolute atomic E-state index is 14.3. The number of likely N-dealkylation sites (tertiary alicyclic amines) is 1. The lowest BCUT2D eigenvalue weighted by atomic mass is 9.61. The Labute approximate surface area is 209 Å². The fourth-order valence-electron chi connectivity index (χ4n) is 5.64. The van der Waals surface area contributed by atoms with Crippen molar-refractivity contribution >= 4 is 28.0 Å². The van der Waals surface area contributed by atoms with Crippen LogP contribution in [0.25, 0.3) is 16.4 Å². The Balaban J connectivity index is 1.02. The van der Waals surface area contributed by atoms with Gasteiger partial charge in [-0.3, -0.25) is 9.20 Å². The van der Waals surface area contributed by atoms with Gasteiger partial charge < -0.3 is 9.64 Å². The molecular formula is C25H23ClF3N5O2. The first-order valence-electron chi connectivity index (χ1n) is 11.8. The van der Waals surface area contributed by atoms with E-state index in [0.29, 0.717) is 28.8 Å². The first-order valence-corrected chi connectivity index (χ1v) is 12.2. The predicted octanol–water partition coefficient (Wildman–Crippen LogP) is 4.71.